The van der Waals surface area contributed by atoms with Crippen LogP contribution in [-0.4, -0.2) is 56.7 Å². The maximum Gasteiger partial charge on any atom is 0.288 e. The van der Waals surface area contributed by atoms with Crippen molar-refractivity contribution in [1.82, 2.24) is 24.6 Å². The lowest BCUT2D eigenvalue weighted by Crippen LogP contribution is -2.49. The zero-order chi connectivity index (χ0) is 21.2. The van der Waals surface area contributed by atoms with E-state index in [2.05, 4.69) is 21.9 Å². The molecule has 1 fully saturated rings. The van der Waals surface area contributed by atoms with Crippen LogP contribution >= 0.6 is 12.2 Å². The Morgan fingerprint density at radius 1 is 1.03 bits per heavy atom. The molecule has 1 aliphatic rings. The highest BCUT2D eigenvalue weighted by Gasteiger charge is 2.21. The minimum atomic E-state index is 0.293. The Morgan fingerprint density at radius 3 is 2.40 bits per heavy atom. The molecule has 2 aromatic heterocycles. The van der Waals surface area contributed by atoms with E-state index < -0.39 is 0 Å². The molecule has 0 aliphatic carbocycles. The number of hydrogen-bond donors (Lipinski definition) is 0. The Bertz CT molecular complexity index is 828. The minimum absolute atomic E-state index is 0.293. The number of amides is 1. The third-order valence-corrected chi connectivity index (χ3v) is 5.88. The van der Waals surface area contributed by atoms with Gasteiger partial charge in [-0.2, -0.15) is 0 Å². The Balaban J connectivity index is 1.38. The topological polar surface area (TPSA) is 67.4 Å². The van der Waals surface area contributed by atoms with E-state index in [4.69, 9.17) is 16.6 Å². The lowest BCUT2D eigenvalue weighted by Gasteiger charge is -2.34. The Kier molecular flexibility index (Phi) is 9.01. The molecule has 1 saturated heterocycles. The maximum absolute atomic E-state index is 12.5. The number of hydrogen-bond acceptors (Lipinski definition) is 6. The number of carbonyl (C=O) groups is 1. The van der Waals surface area contributed by atoms with Gasteiger partial charge in [-0.25, -0.2) is 4.68 Å². The van der Waals surface area contributed by atoms with E-state index in [9.17, 15) is 4.79 Å². The Hall–Kier alpha value is -2.06. The van der Waals surface area contributed by atoms with Crippen LogP contribution in [0.1, 0.15) is 58.3 Å². The second kappa shape index (κ2) is 12.0. The molecule has 0 saturated carbocycles. The minimum Gasteiger partial charge on any atom is -0.409 e. The largest absolute Gasteiger partial charge is 0.409 e. The summed E-state index contributed by atoms with van der Waals surface area (Å²) in [5.41, 5.74) is 0.857. The van der Waals surface area contributed by atoms with Gasteiger partial charge in [0.15, 0.2) is 0 Å². The molecule has 0 aromatic carbocycles. The van der Waals surface area contributed by atoms with E-state index in [1.807, 2.05) is 17.0 Å². The molecule has 0 bridgehead atoms. The molecule has 0 N–H and O–H groups in total. The van der Waals surface area contributed by atoms with Crippen molar-refractivity contribution in [3.63, 3.8) is 0 Å². The Labute approximate surface area is 184 Å². The number of carbonyl (C=O) groups excluding carboxylic acids is 1. The third kappa shape index (κ3) is 6.74. The number of pyridine rings is 1. The van der Waals surface area contributed by atoms with Gasteiger partial charge in [-0.1, -0.05) is 45.4 Å². The summed E-state index contributed by atoms with van der Waals surface area (Å²) in [5, 5.41) is 4.50. The van der Waals surface area contributed by atoms with Gasteiger partial charge in [0.05, 0.1) is 6.67 Å². The number of rotatable bonds is 11. The summed E-state index contributed by atoms with van der Waals surface area (Å²) in [5.74, 6) is 0.798. The van der Waals surface area contributed by atoms with Crippen LogP contribution in [0.5, 0.6) is 0 Å². The molecule has 7 nitrogen and oxygen atoms in total. The highest BCUT2D eigenvalue weighted by molar-refractivity contribution is 7.71. The summed E-state index contributed by atoms with van der Waals surface area (Å²) in [6.45, 7) is 5.98. The maximum atomic E-state index is 12.5. The van der Waals surface area contributed by atoms with Crippen LogP contribution in [0.3, 0.4) is 0 Å². The van der Waals surface area contributed by atoms with E-state index in [0.29, 0.717) is 29.7 Å². The molecule has 3 heterocycles. The van der Waals surface area contributed by atoms with Crippen molar-refractivity contribution in [3.8, 4) is 11.5 Å². The average Bonchev–Trinajstić information content (AvgIpc) is 3.14. The summed E-state index contributed by atoms with van der Waals surface area (Å²) in [7, 11) is 0. The quantitative estimate of drug-likeness (QED) is 0.385. The van der Waals surface area contributed by atoms with Crippen LogP contribution in [0.4, 0.5) is 0 Å². The van der Waals surface area contributed by atoms with Crippen LogP contribution < -0.4 is 0 Å². The highest BCUT2D eigenvalue weighted by atomic mass is 32.1. The molecular formula is C22H33N5O2S. The summed E-state index contributed by atoms with van der Waals surface area (Å²) in [4.78, 5) is 21.1. The first-order chi connectivity index (χ1) is 14.7. The van der Waals surface area contributed by atoms with Crippen molar-refractivity contribution < 1.29 is 9.21 Å². The number of piperazine rings is 1. The van der Waals surface area contributed by atoms with Crippen LogP contribution in [0.25, 0.3) is 11.5 Å². The zero-order valence-electron chi connectivity index (χ0n) is 18.0. The number of unbranched alkanes of at least 4 members (excludes halogenated alkanes) is 6. The predicted molar refractivity (Wildman–Crippen MR) is 119 cm³/mol. The first kappa shape index (κ1) is 22.6. The first-order valence-corrected chi connectivity index (χ1v) is 11.6. The van der Waals surface area contributed by atoms with Gasteiger partial charge in [-0.05, 0) is 30.8 Å². The smallest absolute Gasteiger partial charge is 0.288 e. The molecule has 1 aliphatic heterocycles. The standard InChI is InChI=1S/C22H33N5O2S/c1-2-3-4-5-6-7-8-9-20(28)26-16-14-25(15-17-26)18-27-22(30)29-21(24-27)19-10-12-23-13-11-19/h10-13H,2-9,14-18H2,1H3. The van der Waals surface area contributed by atoms with Gasteiger partial charge in [0.2, 0.25) is 11.8 Å². The first-order valence-electron chi connectivity index (χ1n) is 11.2. The SMILES string of the molecule is CCCCCCCCCC(=O)N1CCN(Cn2nc(-c3ccncc3)oc2=S)CC1. The van der Waals surface area contributed by atoms with Crippen molar-refractivity contribution in [2.24, 2.45) is 0 Å². The van der Waals surface area contributed by atoms with Crippen molar-refractivity contribution >= 4 is 18.1 Å². The molecular weight excluding hydrogens is 398 g/mol. The molecule has 1 amide bonds. The lowest BCUT2D eigenvalue weighted by atomic mass is 10.1. The van der Waals surface area contributed by atoms with Gasteiger partial charge in [-0.3, -0.25) is 14.7 Å². The fraction of sp³-hybridized carbons (Fsp3) is 0.636. The second-order valence-electron chi connectivity index (χ2n) is 7.92. The molecule has 0 atom stereocenters. The van der Waals surface area contributed by atoms with Crippen molar-refractivity contribution in [2.75, 3.05) is 26.2 Å². The fourth-order valence-electron chi connectivity index (χ4n) is 3.73. The number of aromatic nitrogens is 3. The van der Waals surface area contributed by atoms with Gasteiger partial charge < -0.3 is 9.32 Å². The van der Waals surface area contributed by atoms with Gasteiger partial charge >= 0.3 is 0 Å². The monoisotopic (exact) mass is 431 g/mol. The molecule has 164 valence electrons. The molecule has 30 heavy (non-hydrogen) atoms. The van der Waals surface area contributed by atoms with Crippen molar-refractivity contribution in [1.29, 1.82) is 0 Å². The molecule has 0 radical (unpaired) electrons. The zero-order valence-corrected chi connectivity index (χ0v) is 18.8. The summed E-state index contributed by atoms with van der Waals surface area (Å²) >= 11 is 5.33. The predicted octanol–water partition coefficient (Wildman–Crippen LogP) is 4.51. The lowest BCUT2D eigenvalue weighted by molar-refractivity contribution is -0.133. The van der Waals surface area contributed by atoms with Gasteiger partial charge in [0, 0.05) is 50.6 Å². The summed E-state index contributed by atoms with van der Waals surface area (Å²) < 4.78 is 7.34. The normalized spacial score (nSPS) is 14.9. The van der Waals surface area contributed by atoms with Crippen LogP contribution in [0.15, 0.2) is 28.9 Å². The van der Waals surface area contributed by atoms with Gasteiger partial charge in [-0.15, -0.1) is 5.10 Å². The molecule has 0 spiro atoms. The molecule has 0 unspecified atom stereocenters. The van der Waals surface area contributed by atoms with Gasteiger partial charge in [0.25, 0.3) is 4.84 Å². The summed E-state index contributed by atoms with van der Waals surface area (Å²) in [6.07, 6.45) is 12.7. The highest BCUT2D eigenvalue weighted by Crippen LogP contribution is 2.17. The third-order valence-electron chi connectivity index (χ3n) is 5.59. The molecule has 3 rings (SSSR count). The number of nitrogens with zero attached hydrogens (tertiary/aromatic N) is 5. The summed E-state index contributed by atoms with van der Waals surface area (Å²) in [6, 6.07) is 3.70. The van der Waals surface area contributed by atoms with Crippen molar-refractivity contribution in [3.05, 3.63) is 29.4 Å². The van der Waals surface area contributed by atoms with Crippen LogP contribution in [0.2, 0.25) is 0 Å². The van der Waals surface area contributed by atoms with Gasteiger partial charge in [0.1, 0.15) is 0 Å². The fourth-order valence-corrected chi connectivity index (χ4v) is 3.90. The molecule has 8 heteroatoms. The second-order valence-corrected chi connectivity index (χ2v) is 8.27. The molecule has 2 aromatic rings. The van der Waals surface area contributed by atoms with E-state index in [1.54, 1.807) is 17.1 Å². The van der Waals surface area contributed by atoms with E-state index >= 15 is 0 Å². The van der Waals surface area contributed by atoms with E-state index in [0.717, 1.165) is 38.2 Å². The van der Waals surface area contributed by atoms with Crippen molar-refractivity contribution in [2.45, 2.75) is 65.0 Å². The van der Waals surface area contributed by atoms with Crippen LogP contribution in [0, 0.1) is 4.84 Å². The van der Waals surface area contributed by atoms with E-state index in [1.165, 1.54) is 38.5 Å². The average molecular weight is 432 g/mol. The van der Waals surface area contributed by atoms with E-state index in [-0.39, 0.29) is 0 Å². The van der Waals surface area contributed by atoms with Crippen LogP contribution in [-0.2, 0) is 11.5 Å². The Morgan fingerprint density at radius 2 is 1.70 bits per heavy atom.